The van der Waals surface area contributed by atoms with Crippen molar-refractivity contribution in [1.29, 1.82) is 0 Å². The fraction of sp³-hybridized carbons (Fsp3) is 0.455. The zero-order valence-corrected chi connectivity index (χ0v) is 18.4. The molecule has 0 bridgehead atoms. The van der Waals surface area contributed by atoms with Crippen molar-refractivity contribution in [1.82, 2.24) is 15.2 Å². The number of H-pyrrole nitrogens is 1. The number of carbonyl (C=O) groups excluding carboxylic acids is 1. The maximum Gasteiger partial charge on any atom is 0.256 e. The summed E-state index contributed by atoms with van der Waals surface area (Å²) in [6, 6.07) is 3.85. The summed E-state index contributed by atoms with van der Waals surface area (Å²) < 4.78 is 5.87. The average Bonchev–Trinajstić information content (AvgIpc) is 2.62. The number of benzene rings is 1. The van der Waals surface area contributed by atoms with Crippen LogP contribution in [0.5, 0.6) is 5.75 Å². The molecule has 1 aromatic heterocycles. The molecule has 0 unspecified atom stereocenters. The van der Waals surface area contributed by atoms with Gasteiger partial charge in [-0.05, 0) is 70.0 Å². The summed E-state index contributed by atoms with van der Waals surface area (Å²) >= 11 is 6.63. The van der Waals surface area contributed by atoms with E-state index < -0.39 is 0 Å². The molecule has 0 spiro atoms. The number of hydrogen-bond acceptors (Lipinski definition) is 4. The van der Waals surface area contributed by atoms with Crippen molar-refractivity contribution < 1.29 is 9.53 Å². The highest BCUT2D eigenvalue weighted by Crippen LogP contribution is 2.37. The van der Waals surface area contributed by atoms with Crippen molar-refractivity contribution in [2.45, 2.75) is 53.3 Å². The van der Waals surface area contributed by atoms with Crippen LogP contribution in [0.15, 0.2) is 16.9 Å². The van der Waals surface area contributed by atoms with E-state index in [0.717, 1.165) is 22.4 Å². The highest BCUT2D eigenvalue weighted by atomic mass is 35.5. The van der Waals surface area contributed by atoms with E-state index in [9.17, 15) is 9.59 Å². The number of nitrogens with one attached hydrogen (secondary N) is 2. The Morgan fingerprint density at radius 3 is 2.62 bits per heavy atom. The van der Waals surface area contributed by atoms with Crippen molar-refractivity contribution in [2.75, 3.05) is 13.6 Å². The first-order chi connectivity index (χ1) is 13.7. The minimum absolute atomic E-state index is 0.0588. The topological polar surface area (TPSA) is 74.4 Å². The van der Waals surface area contributed by atoms with Crippen LogP contribution in [0.25, 0.3) is 0 Å². The van der Waals surface area contributed by atoms with Crippen molar-refractivity contribution >= 4 is 17.5 Å². The molecule has 0 saturated heterocycles. The maximum atomic E-state index is 13.4. The van der Waals surface area contributed by atoms with Crippen LogP contribution in [0.2, 0.25) is 5.02 Å². The second-order valence-corrected chi connectivity index (χ2v) is 8.20. The van der Waals surface area contributed by atoms with Crippen LogP contribution in [-0.4, -0.2) is 35.5 Å². The molecule has 156 valence electrons. The standard InChI is InChI=1S/C22H28ClN3O3/c1-12(2)29-18-9-15(10-24-5)16-6-7-26(22(28)19(16)20(18)23)11-17-13(3)8-14(4)25-21(17)27/h8-9,12,24H,6-7,10-11H2,1-5H3,(H,25,27). The Labute approximate surface area is 176 Å². The number of aromatic amines is 1. The first kappa shape index (κ1) is 21.4. The summed E-state index contributed by atoms with van der Waals surface area (Å²) in [6.45, 7) is 9.01. The molecule has 2 N–H and O–H groups in total. The van der Waals surface area contributed by atoms with Crippen molar-refractivity contribution in [2.24, 2.45) is 0 Å². The lowest BCUT2D eigenvalue weighted by atomic mass is 9.92. The van der Waals surface area contributed by atoms with Gasteiger partial charge in [-0.2, -0.15) is 0 Å². The number of fused-ring (bicyclic) bond motifs is 1. The number of nitrogens with zero attached hydrogens (tertiary/aromatic N) is 1. The molecule has 0 atom stereocenters. The molecule has 1 aliphatic rings. The van der Waals surface area contributed by atoms with E-state index in [1.807, 2.05) is 46.9 Å². The third-order valence-electron chi connectivity index (χ3n) is 5.14. The average molecular weight is 418 g/mol. The van der Waals surface area contributed by atoms with E-state index >= 15 is 0 Å². The zero-order valence-electron chi connectivity index (χ0n) is 17.6. The maximum absolute atomic E-state index is 13.4. The van der Waals surface area contributed by atoms with E-state index in [1.165, 1.54) is 0 Å². The molecule has 7 heteroatoms. The summed E-state index contributed by atoms with van der Waals surface area (Å²) in [5, 5.41) is 3.50. The SMILES string of the molecule is CNCc1cc(OC(C)C)c(Cl)c2c1CCN(Cc1c(C)cc(C)[nH]c1=O)C2=O. The van der Waals surface area contributed by atoms with Crippen LogP contribution in [0.3, 0.4) is 0 Å². The van der Waals surface area contributed by atoms with Crippen LogP contribution in [0, 0.1) is 13.8 Å². The molecule has 2 aromatic rings. The number of amides is 1. The highest BCUT2D eigenvalue weighted by Gasteiger charge is 2.31. The predicted molar refractivity (Wildman–Crippen MR) is 115 cm³/mol. The van der Waals surface area contributed by atoms with Crippen molar-refractivity contribution in [3.05, 3.63) is 61.0 Å². The molecule has 29 heavy (non-hydrogen) atoms. The molecular weight excluding hydrogens is 390 g/mol. The lowest BCUT2D eigenvalue weighted by Gasteiger charge is -2.31. The number of hydrogen-bond donors (Lipinski definition) is 2. The van der Waals surface area contributed by atoms with E-state index in [4.69, 9.17) is 16.3 Å². The van der Waals surface area contributed by atoms with E-state index in [2.05, 4.69) is 10.3 Å². The fourth-order valence-corrected chi connectivity index (χ4v) is 4.14. The third kappa shape index (κ3) is 4.33. The summed E-state index contributed by atoms with van der Waals surface area (Å²) in [4.78, 5) is 30.3. The molecule has 6 nitrogen and oxygen atoms in total. The number of aryl methyl sites for hydroxylation is 2. The minimum atomic E-state index is -0.165. The molecular formula is C22H28ClN3O3. The number of aromatic nitrogens is 1. The Kier molecular flexibility index (Phi) is 6.34. The molecule has 1 aliphatic heterocycles. The number of halogens is 1. The summed E-state index contributed by atoms with van der Waals surface area (Å²) in [5.41, 5.74) is 4.60. The second-order valence-electron chi connectivity index (χ2n) is 7.82. The highest BCUT2D eigenvalue weighted by molar-refractivity contribution is 6.35. The largest absolute Gasteiger partial charge is 0.489 e. The van der Waals surface area contributed by atoms with Gasteiger partial charge in [0.25, 0.3) is 11.5 Å². The molecule has 0 radical (unpaired) electrons. The smallest absolute Gasteiger partial charge is 0.256 e. The number of carbonyl (C=O) groups is 1. The van der Waals surface area contributed by atoms with Gasteiger partial charge in [0.2, 0.25) is 0 Å². The number of pyridine rings is 1. The normalized spacial score (nSPS) is 13.8. The van der Waals surface area contributed by atoms with Gasteiger partial charge in [-0.25, -0.2) is 0 Å². The van der Waals surface area contributed by atoms with Gasteiger partial charge >= 0.3 is 0 Å². The molecule has 2 heterocycles. The van der Waals surface area contributed by atoms with Gasteiger partial charge in [0.1, 0.15) is 5.75 Å². The molecule has 1 amide bonds. The molecule has 0 fully saturated rings. The first-order valence-corrected chi connectivity index (χ1v) is 10.2. The summed E-state index contributed by atoms with van der Waals surface area (Å²) in [6.07, 6.45) is 0.624. The van der Waals surface area contributed by atoms with Gasteiger partial charge in [-0.15, -0.1) is 0 Å². The Morgan fingerprint density at radius 1 is 1.28 bits per heavy atom. The van der Waals surface area contributed by atoms with Gasteiger partial charge in [0.15, 0.2) is 0 Å². The van der Waals surface area contributed by atoms with Crippen molar-refractivity contribution in [3.8, 4) is 5.75 Å². The molecule has 3 rings (SSSR count). The van der Waals surface area contributed by atoms with E-state index in [-0.39, 0.29) is 24.1 Å². The molecule has 0 aliphatic carbocycles. The van der Waals surface area contributed by atoms with Crippen LogP contribution in [-0.2, 0) is 19.5 Å². The third-order valence-corrected chi connectivity index (χ3v) is 5.51. The van der Waals surface area contributed by atoms with Gasteiger partial charge < -0.3 is 19.9 Å². The lowest BCUT2D eigenvalue weighted by molar-refractivity contribution is 0.0725. The quantitative estimate of drug-likeness (QED) is 0.755. The van der Waals surface area contributed by atoms with E-state index in [0.29, 0.717) is 41.4 Å². The Bertz CT molecular complexity index is 998. The summed E-state index contributed by atoms with van der Waals surface area (Å²) in [5.74, 6) is 0.354. The Morgan fingerprint density at radius 2 is 2.00 bits per heavy atom. The minimum Gasteiger partial charge on any atom is -0.489 e. The fourth-order valence-electron chi connectivity index (χ4n) is 3.85. The Hall–Kier alpha value is -2.31. The molecule has 0 saturated carbocycles. The first-order valence-electron chi connectivity index (χ1n) is 9.87. The Balaban J connectivity index is 2.02. The molecule has 1 aromatic carbocycles. The van der Waals surface area contributed by atoms with Crippen LogP contribution < -0.4 is 15.6 Å². The van der Waals surface area contributed by atoms with Crippen LogP contribution in [0.4, 0.5) is 0 Å². The summed E-state index contributed by atoms with van der Waals surface area (Å²) in [7, 11) is 1.87. The van der Waals surface area contributed by atoms with Gasteiger partial charge in [-0.1, -0.05) is 11.6 Å². The van der Waals surface area contributed by atoms with Gasteiger partial charge in [0, 0.05) is 24.3 Å². The van der Waals surface area contributed by atoms with E-state index in [1.54, 1.807) is 4.90 Å². The second kappa shape index (κ2) is 8.59. The zero-order chi connectivity index (χ0) is 21.3. The monoisotopic (exact) mass is 417 g/mol. The number of rotatable bonds is 6. The van der Waals surface area contributed by atoms with Crippen LogP contribution >= 0.6 is 11.6 Å². The lowest BCUT2D eigenvalue weighted by Crippen LogP contribution is -2.39. The van der Waals surface area contributed by atoms with Gasteiger partial charge in [-0.3, -0.25) is 9.59 Å². The van der Waals surface area contributed by atoms with Crippen molar-refractivity contribution in [3.63, 3.8) is 0 Å². The van der Waals surface area contributed by atoms with Crippen LogP contribution in [0.1, 0.15) is 52.2 Å². The van der Waals surface area contributed by atoms with Gasteiger partial charge in [0.05, 0.1) is 23.2 Å². The predicted octanol–water partition coefficient (Wildman–Crippen LogP) is 3.35. The number of ether oxygens (including phenoxy) is 1.